The molecule has 3 aliphatic rings. The highest BCUT2D eigenvalue weighted by atomic mass is 19.4. The van der Waals surface area contributed by atoms with E-state index < -0.39 is 24.3 Å². The number of carboxylic acids is 2. The first-order valence-corrected chi connectivity index (χ1v) is 12.1. The molecule has 1 atom stereocenters. The fraction of sp³-hybridized carbons (Fsp3) is 0.667. The first kappa shape index (κ1) is 32.6. The average molecular weight is 575 g/mol. The van der Waals surface area contributed by atoms with Gasteiger partial charge in [-0.2, -0.15) is 26.3 Å². The summed E-state index contributed by atoms with van der Waals surface area (Å²) in [5, 5.41) is 14.2. The van der Waals surface area contributed by atoms with E-state index in [9.17, 15) is 26.3 Å². The molecule has 9 nitrogen and oxygen atoms in total. The van der Waals surface area contributed by atoms with Gasteiger partial charge in [0.15, 0.2) is 0 Å². The lowest BCUT2D eigenvalue weighted by Crippen LogP contribution is -2.57. The molecule has 222 valence electrons. The number of morpholine rings is 1. The number of alkyl halides is 6. The zero-order chi connectivity index (χ0) is 29.3. The molecule has 1 spiro atoms. The van der Waals surface area contributed by atoms with Crippen LogP contribution < -0.4 is 4.74 Å². The number of methoxy groups -OCH3 is 1. The van der Waals surface area contributed by atoms with Gasteiger partial charge < -0.3 is 24.4 Å². The summed E-state index contributed by atoms with van der Waals surface area (Å²) in [4.78, 5) is 23.0. The summed E-state index contributed by atoms with van der Waals surface area (Å²) in [6.45, 7) is 7.99. The molecule has 3 fully saturated rings. The van der Waals surface area contributed by atoms with Crippen LogP contribution in [0, 0.1) is 0 Å². The first-order valence-electron chi connectivity index (χ1n) is 12.1. The Hall–Kier alpha value is -2.62. The first-order chi connectivity index (χ1) is 18.1. The largest absolute Gasteiger partial charge is 0.497 e. The highest BCUT2D eigenvalue weighted by Gasteiger charge is 2.41. The van der Waals surface area contributed by atoms with Crippen LogP contribution in [0.4, 0.5) is 26.3 Å². The second kappa shape index (κ2) is 14.1. The van der Waals surface area contributed by atoms with Gasteiger partial charge in [0.25, 0.3) is 0 Å². The van der Waals surface area contributed by atoms with E-state index in [-0.39, 0.29) is 5.60 Å². The molecule has 0 amide bonds. The van der Waals surface area contributed by atoms with Crippen LogP contribution in [0.3, 0.4) is 0 Å². The minimum atomic E-state index is -5.08. The lowest BCUT2D eigenvalue weighted by molar-refractivity contribution is -0.193. The molecule has 3 aliphatic heterocycles. The van der Waals surface area contributed by atoms with Crippen LogP contribution in [-0.2, 0) is 25.6 Å². The van der Waals surface area contributed by atoms with Crippen LogP contribution >= 0.6 is 0 Å². The van der Waals surface area contributed by atoms with E-state index in [2.05, 4.69) is 28.0 Å². The fourth-order valence-corrected chi connectivity index (χ4v) is 4.50. The normalized spacial score (nSPS) is 21.8. The molecular weight excluding hydrogens is 542 g/mol. The van der Waals surface area contributed by atoms with Gasteiger partial charge in [0.2, 0.25) is 0 Å². The quantitative estimate of drug-likeness (QED) is 0.523. The Bertz CT molecular complexity index is 906. The highest BCUT2D eigenvalue weighted by molar-refractivity contribution is 5.73. The second-order valence-corrected chi connectivity index (χ2v) is 9.25. The van der Waals surface area contributed by atoms with Gasteiger partial charge in [-0.15, -0.1) is 0 Å². The monoisotopic (exact) mass is 574 g/mol. The maximum absolute atomic E-state index is 10.6. The molecule has 0 saturated carbocycles. The fourth-order valence-electron chi connectivity index (χ4n) is 4.50. The highest BCUT2D eigenvalue weighted by Crippen LogP contribution is 2.32. The van der Waals surface area contributed by atoms with E-state index >= 15 is 0 Å². The van der Waals surface area contributed by atoms with Crippen molar-refractivity contribution in [3.8, 4) is 5.75 Å². The lowest BCUT2D eigenvalue weighted by Gasteiger charge is -2.48. The van der Waals surface area contributed by atoms with Crippen molar-refractivity contribution < 1.29 is 60.4 Å². The van der Waals surface area contributed by atoms with Crippen molar-refractivity contribution in [1.82, 2.24) is 9.80 Å². The maximum atomic E-state index is 10.6. The van der Waals surface area contributed by atoms with Gasteiger partial charge in [0.05, 0.1) is 25.9 Å². The summed E-state index contributed by atoms with van der Waals surface area (Å²) in [5.74, 6) is -4.58. The third-order valence-corrected chi connectivity index (χ3v) is 6.48. The van der Waals surface area contributed by atoms with Gasteiger partial charge in [-0.3, -0.25) is 9.80 Å². The van der Waals surface area contributed by atoms with Crippen LogP contribution in [0.5, 0.6) is 5.75 Å². The van der Waals surface area contributed by atoms with Crippen LogP contribution in [0.1, 0.15) is 24.8 Å². The molecule has 39 heavy (non-hydrogen) atoms. The van der Waals surface area contributed by atoms with Crippen molar-refractivity contribution in [3.05, 3.63) is 29.8 Å². The number of hydrogen-bond donors (Lipinski definition) is 2. The number of aliphatic carboxylic acids is 2. The third-order valence-electron chi connectivity index (χ3n) is 6.48. The molecule has 0 radical (unpaired) electrons. The Balaban J connectivity index is 0.000000317. The van der Waals surface area contributed by atoms with E-state index in [0.29, 0.717) is 6.04 Å². The second-order valence-electron chi connectivity index (χ2n) is 9.25. The molecule has 3 saturated heterocycles. The molecule has 1 aromatic rings. The Morgan fingerprint density at radius 2 is 1.62 bits per heavy atom. The number of hydrogen-bond acceptors (Lipinski definition) is 7. The minimum Gasteiger partial charge on any atom is -0.497 e. The summed E-state index contributed by atoms with van der Waals surface area (Å²) in [5.41, 5.74) is 1.37. The Kier molecular flexibility index (Phi) is 11.8. The Labute approximate surface area is 221 Å². The van der Waals surface area contributed by atoms with Gasteiger partial charge in [-0.1, -0.05) is 12.1 Å². The van der Waals surface area contributed by atoms with Crippen LogP contribution in [-0.4, -0.2) is 109 Å². The van der Waals surface area contributed by atoms with E-state index in [1.165, 1.54) is 12.0 Å². The van der Waals surface area contributed by atoms with Crippen molar-refractivity contribution in [2.75, 3.05) is 53.1 Å². The molecule has 3 heterocycles. The number of benzene rings is 1. The summed E-state index contributed by atoms with van der Waals surface area (Å²) >= 11 is 0. The maximum Gasteiger partial charge on any atom is 0.490 e. The van der Waals surface area contributed by atoms with E-state index in [4.69, 9.17) is 34.0 Å². The molecule has 1 unspecified atom stereocenters. The van der Waals surface area contributed by atoms with Crippen molar-refractivity contribution in [1.29, 1.82) is 0 Å². The smallest absolute Gasteiger partial charge is 0.490 e. The predicted octanol–water partition coefficient (Wildman–Crippen LogP) is 3.42. The van der Waals surface area contributed by atoms with Crippen LogP contribution in [0.25, 0.3) is 0 Å². The lowest BCUT2D eigenvalue weighted by atomic mass is 9.88. The predicted molar refractivity (Wildman–Crippen MR) is 124 cm³/mol. The molecule has 0 aromatic heterocycles. The summed E-state index contributed by atoms with van der Waals surface area (Å²) < 4.78 is 80.7. The molecule has 2 N–H and O–H groups in total. The standard InChI is InChI=1S/C20H30N2O3.2C2HF3O2/c1-23-19-4-2-3-17(13-19)14-21-10-12-25-20(16-21)6-8-22(9-7-20)18-5-11-24-15-18;2*3-2(4,5)1(6)7/h2-4,13,18H,5-12,14-16H2,1H3;2*(H,6,7). The molecule has 15 heteroatoms. The summed E-state index contributed by atoms with van der Waals surface area (Å²) in [6.07, 6.45) is -6.70. The molecule has 4 rings (SSSR count). The summed E-state index contributed by atoms with van der Waals surface area (Å²) in [7, 11) is 1.73. The number of carbonyl (C=O) groups is 2. The number of carboxylic acid groups (broad SMARTS) is 2. The van der Waals surface area contributed by atoms with E-state index in [0.717, 1.165) is 71.1 Å². The molecular formula is C24H32F6N2O7. The molecule has 0 aliphatic carbocycles. The SMILES string of the molecule is COc1cccc(CN2CCOC3(CCN(C4CCOC4)CC3)C2)c1.O=C(O)C(F)(F)F.O=C(O)C(F)(F)F. The van der Waals surface area contributed by atoms with Crippen molar-refractivity contribution in [3.63, 3.8) is 0 Å². The van der Waals surface area contributed by atoms with E-state index in [1.807, 2.05) is 6.07 Å². The van der Waals surface area contributed by atoms with Crippen molar-refractivity contribution >= 4 is 11.9 Å². The van der Waals surface area contributed by atoms with Crippen LogP contribution in [0.15, 0.2) is 24.3 Å². The van der Waals surface area contributed by atoms with Gasteiger partial charge >= 0.3 is 24.3 Å². The number of likely N-dealkylation sites (tertiary alicyclic amines) is 1. The van der Waals surface area contributed by atoms with E-state index in [1.54, 1.807) is 7.11 Å². The molecule has 1 aromatic carbocycles. The number of halogens is 6. The third kappa shape index (κ3) is 10.8. The number of ether oxygens (including phenoxy) is 3. The van der Waals surface area contributed by atoms with Gasteiger partial charge in [0.1, 0.15) is 5.75 Å². The topological polar surface area (TPSA) is 109 Å². The van der Waals surface area contributed by atoms with Crippen molar-refractivity contribution in [2.45, 2.75) is 49.8 Å². The van der Waals surface area contributed by atoms with Gasteiger partial charge in [-0.05, 0) is 37.0 Å². The zero-order valence-electron chi connectivity index (χ0n) is 21.3. The Morgan fingerprint density at radius 1 is 1.03 bits per heavy atom. The van der Waals surface area contributed by atoms with Crippen molar-refractivity contribution in [2.24, 2.45) is 0 Å². The van der Waals surface area contributed by atoms with Gasteiger partial charge in [-0.25, -0.2) is 9.59 Å². The number of rotatable bonds is 4. The zero-order valence-corrected chi connectivity index (χ0v) is 21.3. The molecule has 0 bridgehead atoms. The van der Waals surface area contributed by atoms with Gasteiger partial charge in [0, 0.05) is 45.4 Å². The summed E-state index contributed by atoms with van der Waals surface area (Å²) in [6, 6.07) is 9.05. The Morgan fingerprint density at radius 3 is 2.10 bits per heavy atom. The van der Waals surface area contributed by atoms with Crippen LogP contribution in [0.2, 0.25) is 0 Å². The minimum absolute atomic E-state index is 0.0487. The number of piperidine rings is 1. The average Bonchev–Trinajstić information content (AvgIpc) is 3.39. The number of nitrogens with zero attached hydrogens (tertiary/aromatic N) is 2.